The molecule has 5 heteroatoms. The number of hydrogen-bond acceptors (Lipinski definition) is 3. The highest BCUT2D eigenvalue weighted by Gasteiger charge is 2.04. The van der Waals surface area contributed by atoms with Gasteiger partial charge in [0.15, 0.2) is 0 Å². The zero-order valence-electron chi connectivity index (χ0n) is 9.56. The summed E-state index contributed by atoms with van der Waals surface area (Å²) in [5, 5.41) is 2.80. The van der Waals surface area contributed by atoms with Crippen LogP contribution in [0.5, 0.6) is 0 Å². The van der Waals surface area contributed by atoms with Crippen molar-refractivity contribution in [2.45, 2.75) is 6.42 Å². The molecule has 0 spiro atoms. The van der Waals surface area contributed by atoms with Crippen LogP contribution in [0.2, 0.25) is 0 Å². The van der Waals surface area contributed by atoms with E-state index in [2.05, 4.69) is 26.2 Å². The van der Waals surface area contributed by atoms with Gasteiger partial charge in [0.05, 0.1) is 18.3 Å². The van der Waals surface area contributed by atoms with Gasteiger partial charge in [-0.3, -0.25) is 9.78 Å². The molecule has 0 aliphatic heterocycles. The summed E-state index contributed by atoms with van der Waals surface area (Å²) in [4.78, 5) is 15.8. The van der Waals surface area contributed by atoms with E-state index in [1.807, 2.05) is 24.3 Å². The molecule has 4 nitrogen and oxygen atoms in total. The molecule has 0 aliphatic carbocycles. The summed E-state index contributed by atoms with van der Waals surface area (Å²) in [6.07, 6.45) is 1.78. The number of nitrogens with zero attached hydrogens (tertiary/aromatic N) is 1. The number of nitrogens with one attached hydrogen (secondary N) is 1. The Kier molecular flexibility index (Phi) is 3.94. The van der Waals surface area contributed by atoms with Crippen LogP contribution in [-0.2, 0) is 11.2 Å². The predicted octanol–water partition coefficient (Wildman–Crippen LogP) is 2.61. The van der Waals surface area contributed by atoms with Crippen molar-refractivity contribution in [1.29, 1.82) is 0 Å². The van der Waals surface area contributed by atoms with E-state index in [4.69, 9.17) is 5.73 Å². The number of rotatable bonds is 3. The Morgan fingerprint density at radius 2 is 1.94 bits per heavy atom. The van der Waals surface area contributed by atoms with Gasteiger partial charge in [0, 0.05) is 15.9 Å². The third-order valence-electron chi connectivity index (χ3n) is 2.32. The SMILES string of the molecule is Nc1ccc(CC(=O)Nc2ccc(Br)cc2)nc1. The van der Waals surface area contributed by atoms with E-state index >= 15 is 0 Å². The van der Waals surface area contributed by atoms with Gasteiger partial charge in [-0.05, 0) is 36.4 Å². The van der Waals surface area contributed by atoms with E-state index in [9.17, 15) is 4.79 Å². The van der Waals surface area contributed by atoms with Gasteiger partial charge < -0.3 is 11.1 Å². The van der Waals surface area contributed by atoms with Crippen LogP contribution in [0.3, 0.4) is 0 Å². The molecule has 0 saturated carbocycles. The minimum Gasteiger partial charge on any atom is -0.397 e. The summed E-state index contributed by atoms with van der Waals surface area (Å²) >= 11 is 3.34. The number of carbonyl (C=O) groups excluding carboxylic acids is 1. The van der Waals surface area contributed by atoms with Crippen LogP contribution in [0.1, 0.15) is 5.69 Å². The molecule has 1 amide bonds. The molecule has 0 bridgehead atoms. The lowest BCUT2D eigenvalue weighted by atomic mass is 10.2. The molecule has 0 aliphatic rings. The highest BCUT2D eigenvalue weighted by atomic mass is 79.9. The second-order valence-electron chi connectivity index (χ2n) is 3.81. The van der Waals surface area contributed by atoms with Crippen molar-refractivity contribution in [1.82, 2.24) is 4.98 Å². The number of pyridine rings is 1. The largest absolute Gasteiger partial charge is 0.397 e. The third-order valence-corrected chi connectivity index (χ3v) is 2.85. The summed E-state index contributed by atoms with van der Waals surface area (Å²) in [5.74, 6) is -0.102. The smallest absolute Gasteiger partial charge is 0.230 e. The standard InChI is InChI=1S/C13H12BrN3O/c14-9-1-4-11(5-2-9)17-13(18)7-12-6-3-10(15)8-16-12/h1-6,8H,7,15H2,(H,17,18). The topological polar surface area (TPSA) is 68.0 Å². The van der Waals surface area contributed by atoms with E-state index in [-0.39, 0.29) is 12.3 Å². The second kappa shape index (κ2) is 5.64. The minimum absolute atomic E-state index is 0.102. The molecule has 1 heterocycles. The quantitative estimate of drug-likeness (QED) is 0.916. The molecular weight excluding hydrogens is 294 g/mol. The number of nitrogens with two attached hydrogens (primary N) is 1. The van der Waals surface area contributed by atoms with Gasteiger partial charge in [0.2, 0.25) is 5.91 Å². The number of nitrogen functional groups attached to an aromatic ring is 1. The fourth-order valence-corrected chi connectivity index (χ4v) is 1.71. The van der Waals surface area contributed by atoms with Crippen molar-refractivity contribution in [2.24, 2.45) is 0 Å². The van der Waals surface area contributed by atoms with Gasteiger partial charge in [-0.25, -0.2) is 0 Å². The number of amides is 1. The molecule has 0 unspecified atom stereocenters. The Bertz CT molecular complexity index is 488. The van der Waals surface area contributed by atoms with Crippen LogP contribution >= 0.6 is 15.9 Å². The van der Waals surface area contributed by atoms with Crippen molar-refractivity contribution in [2.75, 3.05) is 11.1 Å². The monoisotopic (exact) mass is 305 g/mol. The number of hydrogen-bond donors (Lipinski definition) is 2. The van der Waals surface area contributed by atoms with Crippen LogP contribution in [0.25, 0.3) is 0 Å². The first-order chi connectivity index (χ1) is 8.63. The molecule has 0 radical (unpaired) electrons. The Morgan fingerprint density at radius 3 is 2.56 bits per heavy atom. The Morgan fingerprint density at radius 1 is 1.22 bits per heavy atom. The summed E-state index contributed by atoms with van der Waals surface area (Å²) < 4.78 is 0.973. The first kappa shape index (κ1) is 12.6. The first-order valence-corrected chi connectivity index (χ1v) is 6.18. The lowest BCUT2D eigenvalue weighted by Crippen LogP contribution is -2.15. The lowest BCUT2D eigenvalue weighted by Gasteiger charge is -2.05. The number of aromatic nitrogens is 1. The van der Waals surface area contributed by atoms with E-state index in [0.717, 1.165) is 10.2 Å². The van der Waals surface area contributed by atoms with Crippen molar-refractivity contribution in [3.05, 3.63) is 52.8 Å². The molecule has 1 aromatic carbocycles. The third kappa shape index (κ3) is 3.56. The fourth-order valence-electron chi connectivity index (χ4n) is 1.44. The zero-order valence-corrected chi connectivity index (χ0v) is 11.1. The molecule has 0 fully saturated rings. The second-order valence-corrected chi connectivity index (χ2v) is 4.73. The first-order valence-electron chi connectivity index (χ1n) is 5.39. The summed E-state index contributed by atoms with van der Waals surface area (Å²) in [5.41, 5.74) is 7.57. The van der Waals surface area contributed by atoms with E-state index < -0.39 is 0 Å². The number of halogens is 1. The molecule has 1 aromatic heterocycles. The maximum absolute atomic E-state index is 11.8. The molecule has 18 heavy (non-hydrogen) atoms. The van der Waals surface area contributed by atoms with Gasteiger partial charge in [-0.15, -0.1) is 0 Å². The zero-order chi connectivity index (χ0) is 13.0. The maximum atomic E-state index is 11.8. The highest BCUT2D eigenvalue weighted by molar-refractivity contribution is 9.10. The molecular formula is C13H12BrN3O. The average Bonchev–Trinajstić information content (AvgIpc) is 2.35. The molecule has 3 N–H and O–H groups in total. The van der Waals surface area contributed by atoms with Gasteiger partial charge in [-0.1, -0.05) is 15.9 Å². The normalized spacial score (nSPS) is 10.1. The van der Waals surface area contributed by atoms with Gasteiger partial charge in [0.25, 0.3) is 0 Å². The summed E-state index contributed by atoms with van der Waals surface area (Å²) in [6, 6.07) is 10.9. The van der Waals surface area contributed by atoms with Crippen LogP contribution in [-0.4, -0.2) is 10.9 Å². The molecule has 92 valence electrons. The summed E-state index contributed by atoms with van der Waals surface area (Å²) in [7, 11) is 0. The average molecular weight is 306 g/mol. The molecule has 0 atom stereocenters. The number of carbonyl (C=O) groups is 1. The number of benzene rings is 1. The Hall–Kier alpha value is -1.88. The lowest BCUT2D eigenvalue weighted by molar-refractivity contribution is -0.115. The molecule has 0 saturated heterocycles. The predicted molar refractivity (Wildman–Crippen MR) is 75.1 cm³/mol. The van der Waals surface area contributed by atoms with Crippen LogP contribution < -0.4 is 11.1 Å². The van der Waals surface area contributed by atoms with Crippen LogP contribution in [0.15, 0.2) is 47.1 Å². The van der Waals surface area contributed by atoms with Gasteiger partial charge in [0.1, 0.15) is 0 Å². The minimum atomic E-state index is -0.102. The van der Waals surface area contributed by atoms with E-state index in [1.165, 1.54) is 0 Å². The van der Waals surface area contributed by atoms with Crippen molar-refractivity contribution >= 4 is 33.2 Å². The Labute approximate surface area is 113 Å². The van der Waals surface area contributed by atoms with E-state index in [0.29, 0.717) is 11.4 Å². The Balaban J connectivity index is 1.96. The van der Waals surface area contributed by atoms with Gasteiger partial charge >= 0.3 is 0 Å². The van der Waals surface area contributed by atoms with Crippen molar-refractivity contribution in [3.63, 3.8) is 0 Å². The highest BCUT2D eigenvalue weighted by Crippen LogP contribution is 2.14. The van der Waals surface area contributed by atoms with Gasteiger partial charge in [-0.2, -0.15) is 0 Å². The van der Waals surface area contributed by atoms with Crippen LogP contribution in [0.4, 0.5) is 11.4 Å². The summed E-state index contributed by atoms with van der Waals surface area (Å²) in [6.45, 7) is 0. The van der Waals surface area contributed by atoms with Crippen LogP contribution in [0, 0.1) is 0 Å². The van der Waals surface area contributed by atoms with E-state index in [1.54, 1.807) is 18.3 Å². The molecule has 2 rings (SSSR count). The number of anilines is 2. The van der Waals surface area contributed by atoms with Crippen molar-refractivity contribution < 1.29 is 4.79 Å². The van der Waals surface area contributed by atoms with Crippen molar-refractivity contribution in [3.8, 4) is 0 Å². The maximum Gasteiger partial charge on any atom is 0.230 e. The fraction of sp³-hybridized carbons (Fsp3) is 0.0769. The molecule has 2 aromatic rings.